The third kappa shape index (κ3) is 3.22. The van der Waals surface area contributed by atoms with E-state index in [9.17, 15) is 15.0 Å². The maximum atomic E-state index is 12.2. The quantitative estimate of drug-likeness (QED) is 0.570. The molecule has 0 amide bonds. The summed E-state index contributed by atoms with van der Waals surface area (Å²) in [6.07, 6.45) is 2.01. The first-order valence-corrected chi connectivity index (χ1v) is 6.97. The van der Waals surface area contributed by atoms with Gasteiger partial charge in [0.25, 0.3) is 0 Å². The molecule has 0 spiro atoms. The number of aromatic hydroxyl groups is 2. The summed E-state index contributed by atoms with van der Waals surface area (Å²) in [7, 11) is 0. The number of phenolic OH excluding ortho intramolecular Hbond substituents is 2. The first-order valence-electron chi connectivity index (χ1n) is 6.97. The molecule has 20 heavy (non-hydrogen) atoms. The lowest BCUT2D eigenvalue weighted by molar-refractivity contribution is -0.665. The van der Waals surface area contributed by atoms with Crippen molar-refractivity contribution in [3.63, 3.8) is 0 Å². The van der Waals surface area contributed by atoms with E-state index in [1.54, 1.807) is 0 Å². The summed E-state index contributed by atoms with van der Waals surface area (Å²) in [6.45, 7) is 5.90. The highest BCUT2D eigenvalue weighted by Gasteiger charge is 2.36. The fourth-order valence-electron chi connectivity index (χ4n) is 2.69. The van der Waals surface area contributed by atoms with Crippen LogP contribution in [0.15, 0.2) is 18.2 Å². The van der Waals surface area contributed by atoms with Crippen molar-refractivity contribution in [3.8, 4) is 11.5 Å². The van der Waals surface area contributed by atoms with Crippen molar-refractivity contribution in [2.24, 2.45) is 5.92 Å². The molecule has 1 aromatic rings. The van der Waals surface area contributed by atoms with E-state index in [0.29, 0.717) is 5.92 Å². The maximum Gasteiger partial charge on any atom is 0.342 e. The molecular weight excluding hydrogens is 258 g/mol. The molecule has 110 valence electrons. The van der Waals surface area contributed by atoms with Gasteiger partial charge < -0.3 is 20.3 Å². The van der Waals surface area contributed by atoms with E-state index in [1.807, 2.05) is 13.8 Å². The lowest BCUT2D eigenvalue weighted by Crippen LogP contribution is -2.86. The van der Waals surface area contributed by atoms with Crippen LogP contribution in [-0.2, 0) is 4.74 Å². The Labute approximate surface area is 118 Å². The Morgan fingerprint density at radius 3 is 2.60 bits per heavy atom. The third-order valence-electron chi connectivity index (χ3n) is 3.98. The zero-order valence-corrected chi connectivity index (χ0v) is 11.9. The minimum atomic E-state index is -0.599. The first-order chi connectivity index (χ1) is 9.40. The van der Waals surface area contributed by atoms with Gasteiger partial charge in [0.15, 0.2) is 0 Å². The van der Waals surface area contributed by atoms with Crippen LogP contribution < -0.4 is 5.32 Å². The Morgan fingerprint density at radius 2 is 1.95 bits per heavy atom. The average molecular weight is 280 g/mol. The SMILES string of the molecule is CC(C)(OC(=O)c1cc(O)ccc1O)C1CC[NH2+]CC1. The van der Waals surface area contributed by atoms with Gasteiger partial charge in [0.2, 0.25) is 0 Å². The second kappa shape index (κ2) is 5.71. The van der Waals surface area contributed by atoms with Crippen LogP contribution in [0.25, 0.3) is 0 Å². The Morgan fingerprint density at radius 1 is 1.30 bits per heavy atom. The van der Waals surface area contributed by atoms with Crippen molar-refractivity contribution in [1.29, 1.82) is 0 Å². The number of ether oxygens (including phenoxy) is 1. The number of hydrogen-bond acceptors (Lipinski definition) is 4. The number of benzene rings is 1. The predicted octanol–water partition coefficient (Wildman–Crippen LogP) is 1.01. The molecule has 0 aromatic heterocycles. The number of rotatable bonds is 3. The van der Waals surface area contributed by atoms with E-state index in [-0.39, 0.29) is 17.1 Å². The Bertz CT molecular complexity index is 493. The van der Waals surface area contributed by atoms with Crippen molar-refractivity contribution in [2.45, 2.75) is 32.3 Å². The molecule has 2 rings (SSSR count). The van der Waals surface area contributed by atoms with Crippen LogP contribution in [-0.4, -0.2) is 34.9 Å². The van der Waals surface area contributed by atoms with Crippen LogP contribution in [0.3, 0.4) is 0 Å². The number of quaternary nitrogens is 1. The number of hydrogen-bond donors (Lipinski definition) is 3. The van der Waals surface area contributed by atoms with Gasteiger partial charge >= 0.3 is 5.97 Å². The van der Waals surface area contributed by atoms with Gasteiger partial charge in [-0.15, -0.1) is 0 Å². The van der Waals surface area contributed by atoms with E-state index >= 15 is 0 Å². The summed E-state index contributed by atoms with van der Waals surface area (Å²) in [5.74, 6) is -0.533. The summed E-state index contributed by atoms with van der Waals surface area (Å²) in [6, 6.07) is 3.84. The second-order valence-corrected chi connectivity index (χ2v) is 5.83. The van der Waals surface area contributed by atoms with E-state index in [2.05, 4.69) is 5.32 Å². The summed E-state index contributed by atoms with van der Waals surface area (Å²) in [5, 5.41) is 21.4. The first kappa shape index (κ1) is 14.7. The predicted molar refractivity (Wildman–Crippen MR) is 73.6 cm³/mol. The van der Waals surface area contributed by atoms with Gasteiger partial charge in [0.1, 0.15) is 22.7 Å². The van der Waals surface area contributed by atoms with Crippen LogP contribution in [0, 0.1) is 5.92 Å². The molecule has 0 atom stereocenters. The van der Waals surface area contributed by atoms with Gasteiger partial charge in [-0.3, -0.25) is 0 Å². The third-order valence-corrected chi connectivity index (χ3v) is 3.98. The molecule has 5 nitrogen and oxygen atoms in total. The van der Waals surface area contributed by atoms with E-state index < -0.39 is 11.6 Å². The standard InChI is InChI=1S/C15H21NO4/c1-15(2,10-5-7-16-8-6-10)20-14(19)12-9-11(17)3-4-13(12)18/h3-4,9-10,16-18H,5-8H2,1-2H3/p+1. The highest BCUT2D eigenvalue weighted by molar-refractivity contribution is 5.93. The van der Waals surface area contributed by atoms with Gasteiger partial charge in [0.05, 0.1) is 13.1 Å². The van der Waals surface area contributed by atoms with Crippen molar-refractivity contribution in [1.82, 2.24) is 0 Å². The maximum absolute atomic E-state index is 12.2. The van der Waals surface area contributed by atoms with Gasteiger partial charge in [-0.25, -0.2) is 4.79 Å². The summed E-state index contributed by atoms with van der Waals surface area (Å²) in [5.41, 5.74) is -0.580. The minimum Gasteiger partial charge on any atom is -0.508 e. The lowest BCUT2D eigenvalue weighted by atomic mass is 9.83. The normalized spacial score (nSPS) is 16.9. The number of esters is 1. The molecule has 1 aliphatic heterocycles. The zero-order valence-electron chi connectivity index (χ0n) is 11.9. The Balaban J connectivity index is 2.11. The molecule has 1 aliphatic rings. The molecule has 1 heterocycles. The smallest absolute Gasteiger partial charge is 0.342 e. The van der Waals surface area contributed by atoms with Crippen LogP contribution >= 0.6 is 0 Å². The monoisotopic (exact) mass is 280 g/mol. The summed E-state index contributed by atoms with van der Waals surface area (Å²) in [4.78, 5) is 12.2. The van der Waals surface area contributed by atoms with Gasteiger partial charge in [-0.05, 0) is 32.0 Å². The van der Waals surface area contributed by atoms with Crippen molar-refractivity contribution >= 4 is 5.97 Å². The molecule has 5 heteroatoms. The number of phenols is 2. The molecule has 0 saturated carbocycles. The largest absolute Gasteiger partial charge is 0.508 e. The fourth-order valence-corrected chi connectivity index (χ4v) is 2.69. The summed E-state index contributed by atoms with van der Waals surface area (Å²) < 4.78 is 5.58. The van der Waals surface area contributed by atoms with Crippen LogP contribution in [0.2, 0.25) is 0 Å². The molecule has 0 aliphatic carbocycles. The Hall–Kier alpha value is -1.75. The van der Waals surface area contributed by atoms with E-state index in [4.69, 9.17) is 4.74 Å². The van der Waals surface area contributed by atoms with E-state index in [0.717, 1.165) is 25.9 Å². The average Bonchev–Trinajstić information content (AvgIpc) is 2.42. The second-order valence-electron chi connectivity index (χ2n) is 5.83. The number of nitrogens with two attached hydrogens (primary N) is 1. The van der Waals surface area contributed by atoms with Gasteiger partial charge in [0, 0.05) is 18.8 Å². The Kier molecular flexibility index (Phi) is 4.18. The molecule has 1 saturated heterocycles. The summed E-state index contributed by atoms with van der Waals surface area (Å²) >= 11 is 0. The van der Waals surface area contributed by atoms with Gasteiger partial charge in [-0.1, -0.05) is 0 Å². The topological polar surface area (TPSA) is 83.4 Å². The minimum absolute atomic E-state index is 0.000414. The van der Waals surface area contributed by atoms with Crippen molar-refractivity contribution in [3.05, 3.63) is 23.8 Å². The molecule has 0 bridgehead atoms. The van der Waals surface area contributed by atoms with Crippen LogP contribution in [0.1, 0.15) is 37.0 Å². The van der Waals surface area contributed by atoms with E-state index in [1.165, 1.54) is 18.2 Å². The zero-order chi connectivity index (χ0) is 14.8. The lowest BCUT2D eigenvalue weighted by Gasteiger charge is -2.35. The highest BCUT2D eigenvalue weighted by Crippen LogP contribution is 2.31. The fraction of sp³-hybridized carbons (Fsp3) is 0.533. The number of piperidine rings is 1. The van der Waals surface area contributed by atoms with Crippen LogP contribution in [0.5, 0.6) is 11.5 Å². The molecule has 1 fully saturated rings. The molecular formula is C15H22NO4+. The number of carbonyl (C=O) groups excluding carboxylic acids is 1. The number of carbonyl (C=O) groups is 1. The molecule has 0 unspecified atom stereocenters. The molecule has 0 radical (unpaired) electrons. The van der Waals surface area contributed by atoms with Crippen LogP contribution in [0.4, 0.5) is 0 Å². The van der Waals surface area contributed by atoms with Crippen molar-refractivity contribution < 1.29 is 25.1 Å². The van der Waals surface area contributed by atoms with Gasteiger partial charge in [-0.2, -0.15) is 0 Å². The molecule has 4 N–H and O–H groups in total. The highest BCUT2D eigenvalue weighted by atomic mass is 16.6. The molecule has 1 aromatic carbocycles. The van der Waals surface area contributed by atoms with Crippen molar-refractivity contribution in [2.75, 3.05) is 13.1 Å².